The van der Waals surface area contributed by atoms with E-state index in [2.05, 4.69) is 124 Å². The predicted octanol–water partition coefficient (Wildman–Crippen LogP) is 15.5. The summed E-state index contributed by atoms with van der Waals surface area (Å²) in [6, 6.07) is 42.6. The Balaban J connectivity index is 0.000000235. The summed E-state index contributed by atoms with van der Waals surface area (Å²) in [6.07, 6.45) is 4.03. The molecule has 38 nitrogen and oxygen atoms in total. The third kappa shape index (κ3) is 38.2. The summed E-state index contributed by atoms with van der Waals surface area (Å²) < 4.78 is 138. The number of carbonyl (C=O) groups excluding carboxylic acids is 6. The molecule has 4 amide bonds. The van der Waals surface area contributed by atoms with Crippen LogP contribution in [-0.2, 0) is 80.9 Å². The van der Waals surface area contributed by atoms with E-state index in [0.717, 1.165) is 46.0 Å². The quantitative estimate of drug-likeness (QED) is 0.00695. The Morgan fingerprint density at radius 2 is 0.844 bits per heavy atom. The van der Waals surface area contributed by atoms with E-state index in [9.17, 15) is 60.4 Å². The number of nitrogens with two attached hydrogens (primary N) is 1. The minimum absolute atomic E-state index is 0. The number of carbonyl (C=O) groups is 6. The van der Waals surface area contributed by atoms with Crippen molar-refractivity contribution in [3.8, 4) is 22.3 Å². The topological polar surface area (TPSA) is 438 Å². The molecule has 6 aliphatic heterocycles. The molecule has 6 aliphatic rings. The van der Waals surface area contributed by atoms with E-state index >= 15 is 0 Å². The number of cyclic esters (lactones) is 4. The molecule has 0 unspecified atom stereocenters. The summed E-state index contributed by atoms with van der Waals surface area (Å²) in [6.45, 7) is 34.9. The average molecular weight is 2420 g/mol. The fourth-order valence-corrected chi connectivity index (χ4v) is 14.3. The number of ether oxygens (including phenoxy) is 4. The van der Waals surface area contributed by atoms with Crippen LogP contribution in [0.2, 0.25) is 0 Å². The fourth-order valence-electron chi connectivity index (χ4n) is 13.7. The molecule has 9 heterocycles. The molecule has 0 spiro atoms. The van der Waals surface area contributed by atoms with Gasteiger partial charge in [-0.1, -0.05) is 101 Å². The van der Waals surface area contributed by atoms with Crippen LogP contribution in [0.3, 0.4) is 0 Å². The SMILES string of the molecule is Brc1ccc(Cn2cnnn2)cc1.C=C(I)C(=O)Cl.CC1(C)OB(c2ccc(N3C[C@H](CN=CB=O)OC3=O)cc2F)OC1(C)C.CC1(C)O[B]OC1(C)C.CCN(C(C)C)C(C)C.Cl.NC[C@H]1CN(c2ccc(-c3ccc(Cn4cnnn4)cc3)c(F)c2)C(=O)O1.O=BC=NC[C@H]1CN(c2ccc(-c3ccc(Cn4cnnn4)cc3)c(F)c2)C(=O)O1.O=BC=NC[C@H]1CN(c2ccc(I)c(F)c2)C(=O)O1.O=C(Cl)C(Cl)Cl. The predicted molar refractivity (Wildman–Crippen MR) is 575 cm³/mol. The van der Waals surface area contributed by atoms with E-state index in [-0.39, 0.29) is 86.8 Å². The largest absolute Gasteiger partial charge is 0.278 e. The molecule has 10 aromatic rings. The molecule has 2 N–H and O–H groups in total. The molecule has 7 aromatic carbocycles. The average Bonchev–Trinajstić information content (AvgIpc) is 1.61. The van der Waals surface area contributed by atoms with Crippen LogP contribution in [0, 0.1) is 26.8 Å². The first-order valence-corrected chi connectivity index (χ1v) is 49.4. The molecule has 55 heteroatoms. The van der Waals surface area contributed by atoms with Gasteiger partial charge in [0.2, 0.25) is 0 Å². The molecule has 147 heavy (non-hydrogen) atoms. The Morgan fingerprint density at radius 1 is 0.531 bits per heavy atom. The second kappa shape index (κ2) is 59.8. The number of halogens is 12. The Labute approximate surface area is 911 Å². The fraction of sp³-hybridized carbons (Fsp3) is 0.391. The summed E-state index contributed by atoms with van der Waals surface area (Å²) >= 11 is 26.4. The van der Waals surface area contributed by atoms with Gasteiger partial charge in [0, 0.05) is 28.7 Å². The maximum Gasteiger partial charge on any atom is 0.254 e. The van der Waals surface area contributed by atoms with Crippen molar-refractivity contribution in [3.63, 3.8) is 0 Å². The van der Waals surface area contributed by atoms with Crippen molar-refractivity contribution in [3.05, 3.63) is 223 Å². The van der Waals surface area contributed by atoms with Crippen molar-refractivity contribution in [2.75, 3.05) is 78.5 Å². The number of alkyl halides is 2. The maximum absolute atomic E-state index is 14.8. The van der Waals surface area contributed by atoms with Crippen molar-refractivity contribution < 1.29 is 98.0 Å². The number of rotatable bonds is 28. The van der Waals surface area contributed by atoms with Crippen molar-refractivity contribution in [2.24, 2.45) is 20.7 Å². The number of benzene rings is 7. The van der Waals surface area contributed by atoms with Crippen molar-refractivity contribution in [1.82, 2.24) is 65.5 Å². The van der Waals surface area contributed by atoms with Crippen LogP contribution in [0.5, 0.6) is 0 Å². The van der Waals surface area contributed by atoms with Gasteiger partial charge in [-0.2, -0.15) is 0 Å². The van der Waals surface area contributed by atoms with E-state index in [1.54, 1.807) is 91.5 Å². The minimum Gasteiger partial charge on any atom is -0.278 e. The van der Waals surface area contributed by atoms with Gasteiger partial charge in [-0.15, -0.1) is 27.7 Å². The first-order valence-electron chi connectivity index (χ1n) is 44.8. The molecule has 0 bridgehead atoms. The maximum atomic E-state index is 14.8. The van der Waals surface area contributed by atoms with Gasteiger partial charge < -0.3 is 19.8 Å². The third-order valence-corrected chi connectivity index (χ3v) is 25.9. The summed E-state index contributed by atoms with van der Waals surface area (Å²) in [4.78, 5) is 85.4. The van der Waals surface area contributed by atoms with Gasteiger partial charge in [-0.3, -0.25) is 19.4 Å². The second-order valence-electron chi connectivity index (χ2n) is 34.6. The number of amides is 4. The van der Waals surface area contributed by atoms with Gasteiger partial charge in [0.15, 0.2) is 4.84 Å². The van der Waals surface area contributed by atoms with Crippen LogP contribution in [0.1, 0.15) is 107 Å². The zero-order valence-electron chi connectivity index (χ0n) is 82.0. The van der Waals surface area contributed by atoms with Crippen molar-refractivity contribution in [1.29, 1.82) is 0 Å². The summed E-state index contributed by atoms with van der Waals surface area (Å²) in [7, 11) is 2.27. The number of hydrogen-bond acceptors (Lipinski definition) is 31. The smallest absolute Gasteiger partial charge is 0.254 e. The molecule has 0 aliphatic carbocycles. The number of allylic oxidation sites excluding steroid dienone is 1. The van der Waals surface area contributed by atoms with E-state index in [0.29, 0.717) is 106 Å². The van der Waals surface area contributed by atoms with E-state index in [4.69, 9.17) is 89.7 Å². The number of nitrogens with zero attached hydrogens (tertiary/aromatic N) is 20. The molecule has 0 saturated carbocycles. The van der Waals surface area contributed by atoms with E-state index in [1.165, 1.54) is 69.8 Å². The Morgan fingerprint density at radius 3 is 1.10 bits per heavy atom. The van der Waals surface area contributed by atoms with E-state index in [1.807, 2.05) is 151 Å². The molecular weight excluding hydrogens is 2310 g/mol. The van der Waals surface area contributed by atoms with Gasteiger partial charge >= 0.3 is 375 Å². The number of tetrazole rings is 3. The second-order valence-corrected chi connectivity index (χ2v) is 39.8. The summed E-state index contributed by atoms with van der Waals surface area (Å²) in [5, 5.41) is 31.7. The normalized spacial score (nSPS) is 17.3. The van der Waals surface area contributed by atoms with Gasteiger partial charge in [0.05, 0.1) is 57.9 Å². The van der Waals surface area contributed by atoms with Crippen LogP contribution < -0.4 is 30.8 Å². The van der Waals surface area contributed by atoms with Gasteiger partial charge in [-0.05, 0) is 219 Å². The third-order valence-electron chi connectivity index (χ3n) is 22.6. The van der Waals surface area contributed by atoms with Crippen LogP contribution in [0.25, 0.3) is 22.3 Å². The number of aromatic nitrogens is 12. The van der Waals surface area contributed by atoms with Gasteiger partial charge in [0.25, 0.3) is 10.5 Å². The molecule has 4 atom stereocenters. The Bertz CT molecular complexity index is 6060. The molecular formula is C92H105B5BrCl5F4I2N21O17. The Hall–Kier alpha value is -10.5. The molecule has 1 radical (unpaired) electrons. The van der Waals surface area contributed by atoms with Crippen LogP contribution >= 0.6 is 120 Å². The van der Waals surface area contributed by atoms with Crippen LogP contribution in [-0.4, -0.2) is 278 Å². The van der Waals surface area contributed by atoms with Crippen molar-refractivity contribution in [2.45, 2.75) is 173 Å². The van der Waals surface area contributed by atoms with Crippen molar-refractivity contribution >= 4 is 238 Å². The Kier molecular flexibility index (Phi) is 50.2. The molecule has 6 fully saturated rings. The summed E-state index contributed by atoms with van der Waals surface area (Å²) in [5.74, 6) is -1.77. The monoisotopic (exact) mass is 2410 g/mol. The molecule has 16 rings (SSSR count). The number of hydrogen-bond donors (Lipinski definition) is 1. The zero-order valence-corrected chi connectivity index (χ0v) is 91.7. The molecule has 6 saturated heterocycles. The number of aliphatic imine (C=N–C) groups is 3. The molecule has 779 valence electrons. The van der Waals surface area contributed by atoms with Crippen LogP contribution in [0.15, 0.2) is 194 Å². The minimum atomic E-state index is -1.08. The molecule has 3 aromatic heterocycles. The van der Waals surface area contributed by atoms with E-state index < -0.39 is 93.8 Å². The van der Waals surface area contributed by atoms with Gasteiger partial charge in [0.1, 0.15) is 30.9 Å². The first kappa shape index (κ1) is 123. The number of anilines is 4. The first-order chi connectivity index (χ1) is 69.2. The standard InChI is InChI=1S/C19H16BFN6O3.C18H17FN6O2.C17H21B2FN2O5.C11H9BFIN2O3.C8H7BrN4.C8H19N.C6H12BO2.C3H2ClIO.C2HCl3O.ClH/c21-18-7-15(27-10-16(30-19(27)28)8-22-11-20-29)5-6-17(18)14-3-1-13(2-4-14)9-26-12-23-24-25-26;19-17-7-14(25-10-15(8-20)27-18(25)26)5-6-16(17)13-3-1-12(2-4-13)9-24-11-21-22-23-24;1-16(2)17(3,4)27-19(26-16)13-6-5-11(7-14(13)20)22-9-12(25-15(22)23)8-21-10-18-24;13-9-3-7(1-2-10(9)14)16-5-8(19-11(16)17)4-15-6-12-18;9-8-3-1-7(2-4-8)5-13-6-10-11-12-13;1-6-9(7(2)3)8(4)5;1-5(2)6(3,4)9-7-8-5;1-2(5)3(4)6;3-1(4)2(5)6;/h1-7,11-12,16H,8-10H2;1-7,11,15H,8-10,20H2;5-7,10,12H,8-9H2,1-4H3;1-3,6,8H,4-5H2;1-4,6H,5H2;7-8H,6H2,1-5H3;1-4H3;1H2;1H;1H/t16-;15-;12-;8-;;;;;;/m0000....../s1. The summed E-state index contributed by atoms with van der Waals surface area (Å²) in [5.41, 5.74) is 11.4. The zero-order chi connectivity index (χ0) is 107. The van der Waals surface area contributed by atoms with Crippen LogP contribution in [0.4, 0.5) is 59.5 Å². The van der Waals surface area contributed by atoms with Gasteiger partial charge in [-0.25, -0.2) is 23.2 Å².